The minimum Gasteiger partial charge on any atom is -0.309 e. The monoisotopic (exact) mass is 410 g/mol. The summed E-state index contributed by atoms with van der Waals surface area (Å²) in [6, 6.07) is 31.3. The van der Waals surface area contributed by atoms with Gasteiger partial charge in [0, 0.05) is 34.3 Å². The maximum absolute atomic E-state index is 4.23. The first-order chi connectivity index (χ1) is 15.6. The van der Waals surface area contributed by atoms with Gasteiger partial charge in [-0.05, 0) is 75.5 Å². The van der Waals surface area contributed by atoms with E-state index < -0.39 is 0 Å². The van der Waals surface area contributed by atoms with E-state index in [0.717, 1.165) is 5.69 Å². The van der Waals surface area contributed by atoms with Crippen LogP contribution in [0.1, 0.15) is 25.0 Å². The van der Waals surface area contributed by atoms with E-state index >= 15 is 0 Å². The molecule has 1 aliphatic rings. The highest BCUT2D eigenvalue weighted by molar-refractivity contribution is 6.14. The quantitative estimate of drug-likeness (QED) is 0.272. The van der Waals surface area contributed by atoms with Crippen LogP contribution in [0.15, 0.2) is 97.3 Å². The van der Waals surface area contributed by atoms with Crippen molar-refractivity contribution in [3.05, 3.63) is 108 Å². The molecule has 0 N–H and O–H groups in total. The Morgan fingerprint density at radius 3 is 2.25 bits per heavy atom. The molecule has 1 aliphatic carbocycles. The van der Waals surface area contributed by atoms with Gasteiger partial charge in [0.05, 0.1) is 11.0 Å². The topological polar surface area (TPSA) is 17.8 Å². The maximum atomic E-state index is 4.23. The number of aromatic nitrogens is 2. The second-order valence-corrected chi connectivity index (χ2v) is 9.34. The van der Waals surface area contributed by atoms with Crippen molar-refractivity contribution >= 4 is 32.6 Å². The van der Waals surface area contributed by atoms with Crippen molar-refractivity contribution in [3.8, 4) is 16.8 Å². The molecule has 2 aromatic heterocycles. The molecule has 6 aromatic rings. The van der Waals surface area contributed by atoms with Gasteiger partial charge in [-0.1, -0.05) is 56.3 Å². The van der Waals surface area contributed by atoms with E-state index in [1.807, 2.05) is 12.4 Å². The van der Waals surface area contributed by atoms with Crippen LogP contribution in [0.25, 0.3) is 49.4 Å². The predicted molar refractivity (Wildman–Crippen MR) is 134 cm³/mol. The zero-order valence-corrected chi connectivity index (χ0v) is 18.1. The minimum atomic E-state index is 0.00683. The maximum Gasteiger partial charge on any atom is 0.0547 e. The van der Waals surface area contributed by atoms with Gasteiger partial charge in [-0.25, -0.2) is 0 Å². The predicted octanol–water partition coefficient (Wildman–Crippen LogP) is 7.64. The van der Waals surface area contributed by atoms with Gasteiger partial charge in [0.15, 0.2) is 0 Å². The van der Waals surface area contributed by atoms with Crippen molar-refractivity contribution in [2.45, 2.75) is 19.3 Å². The SMILES string of the molecule is CC1(C)c2ccccc2-c2cc3cc4c5ccccc5n(-c5ccncc5)c4cc3cc21. The molecule has 0 aliphatic heterocycles. The Labute approximate surface area is 186 Å². The molecular formula is C30H22N2. The average Bonchev–Trinajstić information content (AvgIpc) is 3.26. The Balaban J connectivity index is 1.61. The van der Waals surface area contributed by atoms with E-state index in [-0.39, 0.29) is 5.41 Å². The average molecular weight is 411 g/mol. The number of hydrogen-bond acceptors (Lipinski definition) is 1. The lowest BCUT2D eigenvalue weighted by molar-refractivity contribution is 0.661. The van der Waals surface area contributed by atoms with Gasteiger partial charge in [0.25, 0.3) is 0 Å². The zero-order valence-electron chi connectivity index (χ0n) is 18.1. The van der Waals surface area contributed by atoms with Gasteiger partial charge >= 0.3 is 0 Å². The molecular weight excluding hydrogens is 388 g/mol. The largest absolute Gasteiger partial charge is 0.309 e. The summed E-state index contributed by atoms with van der Waals surface area (Å²) in [5, 5.41) is 5.15. The second kappa shape index (κ2) is 6.08. The van der Waals surface area contributed by atoms with Crippen LogP contribution in [-0.4, -0.2) is 9.55 Å². The molecule has 152 valence electrons. The Kier molecular flexibility index (Phi) is 3.37. The molecule has 0 saturated heterocycles. The van der Waals surface area contributed by atoms with Crippen LogP contribution in [0.2, 0.25) is 0 Å². The molecule has 32 heavy (non-hydrogen) atoms. The van der Waals surface area contributed by atoms with Crippen molar-refractivity contribution in [1.29, 1.82) is 0 Å². The third kappa shape index (κ3) is 2.22. The summed E-state index contributed by atoms with van der Waals surface area (Å²) in [6.45, 7) is 4.69. The van der Waals surface area contributed by atoms with Gasteiger partial charge in [-0.3, -0.25) is 4.98 Å². The van der Waals surface area contributed by atoms with Crippen LogP contribution in [0.3, 0.4) is 0 Å². The van der Waals surface area contributed by atoms with E-state index in [2.05, 4.69) is 108 Å². The van der Waals surface area contributed by atoms with E-state index in [0.29, 0.717) is 0 Å². The minimum absolute atomic E-state index is 0.00683. The normalized spacial score (nSPS) is 14.2. The lowest BCUT2D eigenvalue weighted by Gasteiger charge is -2.21. The number of benzene rings is 4. The van der Waals surface area contributed by atoms with E-state index in [4.69, 9.17) is 0 Å². The highest BCUT2D eigenvalue weighted by Crippen LogP contribution is 2.50. The van der Waals surface area contributed by atoms with Crippen LogP contribution < -0.4 is 0 Å². The Morgan fingerprint density at radius 1 is 0.625 bits per heavy atom. The lowest BCUT2D eigenvalue weighted by atomic mass is 9.82. The van der Waals surface area contributed by atoms with Crippen molar-refractivity contribution in [2.75, 3.05) is 0 Å². The fourth-order valence-corrected chi connectivity index (χ4v) is 5.68. The summed E-state index contributed by atoms with van der Waals surface area (Å²) >= 11 is 0. The molecule has 0 saturated carbocycles. The Morgan fingerprint density at radius 2 is 1.38 bits per heavy atom. The molecule has 7 rings (SSSR count). The highest BCUT2D eigenvalue weighted by Gasteiger charge is 2.35. The molecule has 0 atom stereocenters. The highest BCUT2D eigenvalue weighted by atomic mass is 15.0. The molecule has 0 spiro atoms. The van der Waals surface area contributed by atoms with Gasteiger partial charge in [0.2, 0.25) is 0 Å². The molecule has 0 radical (unpaired) electrons. The number of pyridine rings is 1. The lowest BCUT2D eigenvalue weighted by Crippen LogP contribution is -2.14. The molecule has 2 nitrogen and oxygen atoms in total. The van der Waals surface area contributed by atoms with Crippen LogP contribution in [0.5, 0.6) is 0 Å². The van der Waals surface area contributed by atoms with Crippen molar-refractivity contribution in [1.82, 2.24) is 9.55 Å². The molecule has 0 bridgehead atoms. The van der Waals surface area contributed by atoms with Crippen LogP contribution in [0, 0.1) is 0 Å². The fraction of sp³-hybridized carbons (Fsp3) is 0.100. The number of para-hydroxylation sites is 1. The first-order valence-electron chi connectivity index (χ1n) is 11.1. The molecule has 0 unspecified atom stereocenters. The van der Waals surface area contributed by atoms with E-state index in [1.54, 1.807) is 0 Å². The summed E-state index contributed by atoms with van der Waals surface area (Å²) in [5.41, 5.74) is 9.18. The molecule has 4 aromatic carbocycles. The first-order valence-corrected chi connectivity index (χ1v) is 11.1. The fourth-order valence-electron chi connectivity index (χ4n) is 5.68. The summed E-state index contributed by atoms with van der Waals surface area (Å²) in [6.07, 6.45) is 3.73. The number of fused-ring (bicyclic) bond motifs is 7. The summed E-state index contributed by atoms with van der Waals surface area (Å²) in [7, 11) is 0. The summed E-state index contributed by atoms with van der Waals surface area (Å²) in [4.78, 5) is 4.23. The standard InChI is InChI=1S/C30H22N2/c1-30(2)26-9-5-3-7-22(26)24-15-19-16-25-23-8-4-6-10-28(23)32(21-11-13-31-14-12-21)29(25)18-20(19)17-27(24)30/h3-18H,1-2H3. The molecule has 2 heterocycles. The van der Waals surface area contributed by atoms with Crippen molar-refractivity contribution < 1.29 is 0 Å². The van der Waals surface area contributed by atoms with Gasteiger partial charge < -0.3 is 4.57 Å². The zero-order chi connectivity index (χ0) is 21.4. The summed E-state index contributed by atoms with van der Waals surface area (Å²) < 4.78 is 2.36. The number of nitrogens with zero attached hydrogens (tertiary/aromatic N) is 2. The Hall–Kier alpha value is -3.91. The van der Waals surface area contributed by atoms with Crippen LogP contribution in [0.4, 0.5) is 0 Å². The molecule has 0 fully saturated rings. The van der Waals surface area contributed by atoms with Crippen LogP contribution >= 0.6 is 0 Å². The second-order valence-electron chi connectivity index (χ2n) is 9.34. The number of rotatable bonds is 1. The van der Waals surface area contributed by atoms with E-state index in [1.165, 1.54) is 54.8 Å². The third-order valence-corrected chi connectivity index (χ3v) is 7.25. The van der Waals surface area contributed by atoms with Crippen LogP contribution in [-0.2, 0) is 5.41 Å². The van der Waals surface area contributed by atoms with Crippen molar-refractivity contribution in [3.63, 3.8) is 0 Å². The number of hydrogen-bond donors (Lipinski definition) is 0. The van der Waals surface area contributed by atoms with Crippen molar-refractivity contribution in [2.24, 2.45) is 0 Å². The van der Waals surface area contributed by atoms with Gasteiger partial charge in [0.1, 0.15) is 0 Å². The molecule has 0 amide bonds. The van der Waals surface area contributed by atoms with Gasteiger partial charge in [-0.2, -0.15) is 0 Å². The molecule has 2 heteroatoms. The third-order valence-electron chi connectivity index (χ3n) is 7.25. The first kappa shape index (κ1) is 17.7. The van der Waals surface area contributed by atoms with Gasteiger partial charge in [-0.15, -0.1) is 0 Å². The van der Waals surface area contributed by atoms with E-state index in [9.17, 15) is 0 Å². The summed E-state index contributed by atoms with van der Waals surface area (Å²) in [5.74, 6) is 0. The Bertz CT molecular complexity index is 1690. The smallest absolute Gasteiger partial charge is 0.0547 e.